The van der Waals surface area contributed by atoms with Crippen LogP contribution in [0.25, 0.3) is 10.8 Å². The summed E-state index contributed by atoms with van der Waals surface area (Å²) in [4.78, 5) is 33.5. The van der Waals surface area contributed by atoms with Gasteiger partial charge >= 0.3 is 6.18 Å². The molecule has 1 atom stereocenters. The van der Waals surface area contributed by atoms with E-state index in [4.69, 9.17) is 0 Å². The van der Waals surface area contributed by atoms with Gasteiger partial charge in [0.25, 0.3) is 5.56 Å². The number of rotatable bonds is 3. The highest BCUT2D eigenvalue weighted by Crippen LogP contribution is 2.30. The second-order valence-electron chi connectivity index (χ2n) is 8.23. The Labute approximate surface area is 209 Å². The quantitative estimate of drug-likeness (QED) is 0.508. The van der Waals surface area contributed by atoms with Crippen LogP contribution < -0.4 is 5.56 Å². The molecule has 1 aliphatic carbocycles. The highest BCUT2D eigenvalue weighted by atomic mass is 19.4. The minimum absolute atomic E-state index is 0.0288. The van der Waals surface area contributed by atoms with E-state index in [-0.39, 0.29) is 30.8 Å². The Hall–Kier alpha value is -4.15. The zero-order valence-electron chi connectivity index (χ0n) is 20.0. The van der Waals surface area contributed by atoms with Crippen LogP contribution in [0.15, 0.2) is 71.0 Å². The molecule has 3 heterocycles. The lowest BCUT2D eigenvalue weighted by Gasteiger charge is -2.19. The van der Waals surface area contributed by atoms with Crippen molar-refractivity contribution < 1.29 is 22.4 Å². The van der Waals surface area contributed by atoms with Gasteiger partial charge in [-0.2, -0.15) is 18.3 Å². The number of H-pyrrole nitrogens is 1. The molecule has 7 nitrogen and oxygen atoms in total. The van der Waals surface area contributed by atoms with Crippen LogP contribution in [0.3, 0.4) is 0 Å². The lowest BCUT2D eigenvalue weighted by molar-refractivity contribution is -0.145. The molecule has 0 bridgehead atoms. The molecule has 1 aromatic carbocycles. The number of fused-ring (bicyclic) bond motifs is 2. The number of aromatic nitrogens is 4. The normalized spacial score (nSPS) is 16.9. The van der Waals surface area contributed by atoms with E-state index < -0.39 is 29.7 Å². The summed E-state index contributed by atoms with van der Waals surface area (Å²) in [5.41, 5.74) is 1.34. The standard InChI is InChI=1S/C24H17F4N5O2.C2H6/c25-16-6-5-13(8-19-17-3-1-2-4-18(17)21(34)32-31-19)7-14(9-16)22(35)33-11-15-10-29-23(24(26,27)28)30-20(15)12-33;1-2/h1-7,9-10,14H,8,11-12H2,(H,32,34);1-2H3. The predicted molar refractivity (Wildman–Crippen MR) is 129 cm³/mol. The van der Waals surface area contributed by atoms with Gasteiger partial charge < -0.3 is 4.90 Å². The third-order valence-corrected chi connectivity index (χ3v) is 5.84. The molecular formula is C26H23F4N5O2. The van der Waals surface area contributed by atoms with Gasteiger partial charge in [0.15, 0.2) is 0 Å². The molecule has 37 heavy (non-hydrogen) atoms. The number of carbonyl (C=O) groups excluding carboxylic acids is 1. The van der Waals surface area contributed by atoms with E-state index in [9.17, 15) is 27.2 Å². The number of carbonyl (C=O) groups is 1. The van der Waals surface area contributed by atoms with Crippen molar-refractivity contribution in [3.8, 4) is 0 Å². The first-order chi connectivity index (χ1) is 17.7. The summed E-state index contributed by atoms with van der Waals surface area (Å²) in [6, 6.07) is 6.93. The Kier molecular flexibility index (Phi) is 7.33. The van der Waals surface area contributed by atoms with Gasteiger partial charge in [0, 0.05) is 30.1 Å². The first kappa shape index (κ1) is 25.9. The van der Waals surface area contributed by atoms with Crippen LogP contribution in [-0.4, -0.2) is 31.0 Å². The number of hydrogen-bond donors (Lipinski definition) is 1. The van der Waals surface area contributed by atoms with Crippen molar-refractivity contribution in [1.29, 1.82) is 0 Å². The summed E-state index contributed by atoms with van der Waals surface area (Å²) in [6.45, 7) is 3.90. The van der Waals surface area contributed by atoms with E-state index in [0.29, 0.717) is 27.6 Å². The van der Waals surface area contributed by atoms with E-state index in [2.05, 4.69) is 20.2 Å². The number of halogens is 4. The van der Waals surface area contributed by atoms with Gasteiger partial charge in [-0.1, -0.05) is 44.2 Å². The maximum Gasteiger partial charge on any atom is 0.451 e. The number of hydrogen-bond acceptors (Lipinski definition) is 5. The van der Waals surface area contributed by atoms with E-state index in [1.54, 1.807) is 30.3 Å². The molecule has 5 rings (SSSR count). The molecule has 0 fully saturated rings. The summed E-state index contributed by atoms with van der Waals surface area (Å²) < 4.78 is 53.2. The number of nitrogens with one attached hydrogen (secondary N) is 1. The van der Waals surface area contributed by atoms with Gasteiger partial charge in [-0.05, 0) is 23.8 Å². The molecule has 3 aromatic rings. The summed E-state index contributed by atoms with van der Waals surface area (Å²) in [5.74, 6) is -3.35. The van der Waals surface area contributed by atoms with Gasteiger partial charge in [0.2, 0.25) is 11.7 Å². The second-order valence-corrected chi connectivity index (χ2v) is 8.23. The first-order valence-electron chi connectivity index (χ1n) is 11.6. The Bertz CT molecular complexity index is 1490. The van der Waals surface area contributed by atoms with Crippen molar-refractivity contribution >= 4 is 16.7 Å². The maximum atomic E-state index is 14.4. The highest BCUT2D eigenvalue weighted by molar-refractivity contribution is 5.85. The molecular weight excluding hydrogens is 490 g/mol. The average Bonchev–Trinajstić information content (AvgIpc) is 3.23. The Morgan fingerprint density at radius 2 is 1.84 bits per heavy atom. The van der Waals surface area contributed by atoms with E-state index >= 15 is 0 Å². The fourth-order valence-electron chi connectivity index (χ4n) is 4.16. The monoisotopic (exact) mass is 513 g/mol. The van der Waals surface area contributed by atoms with Crippen LogP contribution in [-0.2, 0) is 30.5 Å². The molecule has 0 spiro atoms. The summed E-state index contributed by atoms with van der Waals surface area (Å²) >= 11 is 0. The summed E-state index contributed by atoms with van der Waals surface area (Å²) in [6.07, 6.45) is 2.09. The van der Waals surface area contributed by atoms with E-state index in [0.717, 1.165) is 12.3 Å². The van der Waals surface area contributed by atoms with Crippen molar-refractivity contribution in [2.75, 3.05) is 0 Å². The predicted octanol–water partition coefficient (Wildman–Crippen LogP) is 4.81. The zero-order chi connectivity index (χ0) is 26.7. The second kappa shape index (κ2) is 10.5. The van der Waals surface area contributed by atoms with Gasteiger partial charge in [0.1, 0.15) is 5.83 Å². The third kappa shape index (κ3) is 5.50. The molecule has 1 unspecified atom stereocenters. The summed E-state index contributed by atoms with van der Waals surface area (Å²) in [5, 5.41) is 7.67. The van der Waals surface area contributed by atoms with Crippen molar-refractivity contribution in [1.82, 2.24) is 25.1 Å². The van der Waals surface area contributed by atoms with Gasteiger partial charge in [0.05, 0.1) is 29.2 Å². The molecule has 2 aromatic heterocycles. The topological polar surface area (TPSA) is 91.8 Å². The number of nitrogens with zero attached hydrogens (tertiary/aromatic N) is 4. The van der Waals surface area contributed by atoms with Crippen molar-refractivity contribution in [2.24, 2.45) is 5.92 Å². The third-order valence-electron chi connectivity index (χ3n) is 5.84. The minimum Gasteiger partial charge on any atom is -0.332 e. The molecule has 0 radical (unpaired) electrons. The number of amides is 1. The number of benzene rings is 1. The fraction of sp³-hybridized carbons (Fsp3) is 0.269. The van der Waals surface area contributed by atoms with Crippen LogP contribution in [0, 0.1) is 5.92 Å². The smallest absolute Gasteiger partial charge is 0.332 e. The van der Waals surface area contributed by atoms with Crippen LogP contribution in [0.2, 0.25) is 0 Å². The lowest BCUT2D eigenvalue weighted by atomic mass is 10.00. The lowest BCUT2D eigenvalue weighted by Crippen LogP contribution is -2.30. The fourth-order valence-corrected chi connectivity index (χ4v) is 4.16. The maximum absolute atomic E-state index is 14.4. The molecule has 192 valence electrons. The first-order valence-corrected chi connectivity index (χ1v) is 11.6. The van der Waals surface area contributed by atoms with Crippen LogP contribution in [0.4, 0.5) is 17.6 Å². The summed E-state index contributed by atoms with van der Waals surface area (Å²) in [7, 11) is 0. The zero-order valence-corrected chi connectivity index (χ0v) is 20.0. The Morgan fingerprint density at radius 1 is 1.11 bits per heavy atom. The van der Waals surface area contributed by atoms with E-state index in [1.807, 2.05) is 13.8 Å². The number of aromatic amines is 1. The van der Waals surface area contributed by atoms with Gasteiger partial charge in [-0.25, -0.2) is 19.5 Å². The van der Waals surface area contributed by atoms with Crippen LogP contribution >= 0.6 is 0 Å². The molecule has 1 N–H and O–H groups in total. The van der Waals surface area contributed by atoms with Gasteiger partial charge in [-0.15, -0.1) is 0 Å². The van der Waals surface area contributed by atoms with Crippen LogP contribution in [0.1, 0.15) is 36.6 Å². The van der Waals surface area contributed by atoms with Gasteiger partial charge in [-0.3, -0.25) is 9.59 Å². The Balaban J connectivity index is 0.00000156. The molecule has 2 aliphatic rings. The molecule has 0 saturated carbocycles. The Morgan fingerprint density at radius 3 is 2.57 bits per heavy atom. The van der Waals surface area contributed by atoms with Crippen molar-refractivity contribution in [3.63, 3.8) is 0 Å². The largest absolute Gasteiger partial charge is 0.451 e. The van der Waals surface area contributed by atoms with Crippen molar-refractivity contribution in [2.45, 2.75) is 39.5 Å². The molecule has 1 aliphatic heterocycles. The number of alkyl halides is 3. The van der Waals surface area contributed by atoms with Crippen molar-refractivity contribution in [3.05, 3.63) is 99.3 Å². The molecule has 0 saturated heterocycles. The van der Waals surface area contributed by atoms with E-state index in [1.165, 1.54) is 17.1 Å². The van der Waals surface area contributed by atoms with Crippen LogP contribution in [0.5, 0.6) is 0 Å². The highest BCUT2D eigenvalue weighted by Gasteiger charge is 2.37. The SMILES string of the molecule is CC.O=C(C1C=C(F)C=CC(Cc2n[nH]c(=O)c3ccccc23)=C1)N1Cc2cnc(C(F)(F)F)nc2C1. The minimum atomic E-state index is -4.69. The molecule has 1 amide bonds. The average molecular weight is 513 g/mol. The number of allylic oxidation sites excluding steroid dienone is 4. The molecule has 11 heteroatoms.